The molecule has 8 nitrogen and oxygen atoms in total. The van der Waals surface area contributed by atoms with Crippen molar-refractivity contribution in [1.29, 1.82) is 5.41 Å². The van der Waals surface area contributed by atoms with Gasteiger partial charge in [0.25, 0.3) is 5.91 Å². The van der Waals surface area contributed by atoms with E-state index in [0.29, 0.717) is 22.9 Å². The van der Waals surface area contributed by atoms with Gasteiger partial charge in [-0.05, 0) is 70.8 Å². The van der Waals surface area contributed by atoms with Gasteiger partial charge in [0.05, 0.1) is 0 Å². The Morgan fingerprint density at radius 1 is 1.21 bits per heavy atom. The maximum Gasteiger partial charge on any atom is 0.319 e. The van der Waals surface area contributed by atoms with E-state index in [0.717, 1.165) is 32.5 Å². The lowest BCUT2D eigenvalue weighted by Crippen LogP contribution is -2.58. The van der Waals surface area contributed by atoms with Crippen molar-refractivity contribution in [2.45, 2.75) is 45.2 Å². The van der Waals surface area contributed by atoms with Gasteiger partial charge in [-0.15, -0.1) is 0 Å². The van der Waals surface area contributed by atoms with Crippen molar-refractivity contribution in [3.63, 3.8) is 0 Å². The van der Waals surface area contributed by atoms with E-state index in [1.165, 1.54) is 0 Å². The third-order valence-electron chi connectivity index (χ3n) is 5.27. The molecule has 1 aromatic carbocycles. The number of carbonyl (C=O) groups excluding carboxylic acids is 2. The molecule has 0 saturated carbocycles. The molecular formula is C20H30N6O2. The first-order valence-electron chi connectivity index (χ1n) is 9.73. The maximum absolute atomic E-state index is 12.7. The van der Waals surface area contributed by atoms with Crippen molar-refractivity contribution in [3.8, 4) is 0 Å². The third-order valence-corrected chi connectivity index (χ3v) is 5.27. The highest BCUT2D eigenvalue weighted by molar-refractivity contribution is 6.45. The molecule has 0 spiro atoms. The number of nitrogens with one attached hydrogen (secondary N) is 4. The molecule has 152 valence electrons. The van der Waals surface area contributed by atoms with Crippen molar-refractivity contribution in [2.24, 2.45) is 5.92 Å². The fourth-order valence-corrected chi connectivity index (χ4v) is 3.84. The summed E-state index contributed by atoms with van der Waals surface area (Å²) < 4.78 is 0. The quantitative estimate of drug-likeness (QED) is 0.400. The molecule has 6 N–H and O–H groups in total. The minimum atomic E-state index is -0.429. The third kappa shape index (κ3) is 4.81. The first-order valence-corrected chi connectivity index (χ1v) is 9.73. The van der Waals surface area contributed by atoms with Crippen LogP contribution in [0.1, 0.15) is 39.2 Å². The van der Waals surface area contributed by atoms with Crippen molar-refractivity contribution in [3.05, 3.63) is 23.8 Å². The Kier molecular flexibility index (Phi) is 5.60. The summed E-state index contributed by atoms with van der Waals surface area (Å²) in [5, 5.41) is 16.9. The molecule has 1 atom stereocenters. The molecule has 1 aromatic rings. The molecule has 0 aromatic heterocycles. The Balaban J connectivity index is 1.67. The number of nitrogen functional groups attached to an aromatic ring is 1. The number of nitrogens with zero attached hydrogens (tertiary/aromatic N) is 1. The van der Waals surface area contributed by atoms with Gasteiger partial charge in [0.15, 0.2) is 0 Å². The molecular weight excluding hydrogens is 356 g/mol. The molecule has 3 heterocycles. The molecule has 3 aliphatic heterocycles. The van der Waals surface area contributed by atoms with Crippen molar-refractivity contribution >= 4 is 29.0 Å². The number of nitrogens with two attached hydrogens (primary N) is 1. The van der Waals surface area contributed by atoms with Gasteiger partial charge in [-0.3, -0.25) is 10.2 Å². The summed E-state index contributed by atoms with van der Waals surface area (Å²) in [6, 6.07) is 4.54. The highest BCUT2D eigenvalue weighted by Gasteiger charge is 2.35. The summed E-state index contributed by atoms with van der Waals surface area (Å²) in [5.41, 5.74) is 6.56. The lowest BCUT2D eigenvalue weighted by molar-refractivity contribution is -0.116. The lowest BCUT2D eigenvalue weighted by Gasteiger charge is -2.44. The van der Waals surface area contributed by atoms with Gasteiger partial charge in [-0.2, -0.15) is 0 Å². The van der Waals surface area contributed by atoms with Gasteiger partial charge < -0.3 is 26.6 Å². The molecule has 0 radical (unpaired) electrons. The maximum atomic E-state index is 12.7. The van der Waals surface area contributed by atoms with Crippen LogP contribution < -0.4 is 21.7 Å². The molecule has 3 saturated heterocycles. The van der Waals surface area contributed by atoms with E-state index in [1.54, 1.807) is 18.2 Å². The van der Waals surface area contributed by atoms with E-state index in [4.69, 9.17) is 11.1 Å². The Labute approximate surface area is 165 Å². The van der Waals surface area contributed by atoms with E-state index in [1.807, 2.05) is 20.8 Å². The van der Waals surface area contributed by atoms with Gasteiger partial charge in [0.2, 0.25) is 0 Å². The minimum Gasteiger partial charge on any atom is -0.398 e. The molecule has 8 heteroatoms. The zero-order chi connectivity index (χ0) is 20.5. The Hall–Kier alpha value is -2.61. The van der Waals surface area contributed by atoms with Crippen LogP contribution in [0.3, 0.4) is 0 Å². The number of hydrogen-bond donors (Lipinski definition) is 5. The molecule has 28 heavy (non-hydrogen) atoms. The fraction of sp³-hybridized carbons (Fsp3) is 0.550. The summed E-state index contributed by atoms with van der Waals surface area (Å²) in [7, 11) is 0. The summed E-state index contributed by atoms with van der Waals surface area (Å²) in [4.78, 5) is 27.1. The van der Waals surface area contributed by atoms with Crippen molar-refractivity contribution in [1.82, 2.24) is 15.5 Å². The second kappa shape index (κ2) is 7.79. The second-order valence-corrected chi connectivity index (χ2v) is 8.72. The van der Waals surface area contributed by atoms with Crippen LogP contribution in [0.5, 0.6) is 0 Å². The highest BCUT2D eigenvalue weighted by atomic mass is 16.2. The molecule has 4 rings (SSSR count). The smallest absolute Gasteiger partial charge is 0.319 e. The molecule has 2 bridgehead atoms. The van der Waals surface area contributed by atoms with Crippen LogP contribution in [0.2, 0.25) is 0 Å². The van der Waals surface area contributed by atoms with Crippen molar-refractivity contribution < 1.29 is 9.59 Å². The van der Waals surface area contributed by atoms with E-state index in [2.05, 4.69) is 20.9 Å². The van der Waals surface area contributed by atoms with Crippen LogP contribution in [0.25, 0.3) is 0 Å². The first kappa shape index (κ1) is 20.1. The summed E-state index contributed by atoms with van der Waals surface area (Å²) in [6.07, 6.45) is 2.17. The number of hydrogen-bond acceptors (Lipinski definition) is 5. The summed E-state index contributed by atoms with van der Waals surface area (Å²) in [6.45, 7) is 8.67. The molecule has 3 aliphatic rings. The van der Waals surface area contributed by atoms with Crippen LogP contribution in [-0.2, 0) is 4.79 Å². The average molecular weight is 387 g/mol. The normalized spacial score (nSPS) is 23.8. The number of piperidine rings is 3. The van der Waals surface area contributed by atoms with Gasteiger partial charge in [-0.1, -0.05) is 0 Å². The van der Waals surface area contributed by atoms with Crippen LogP contribution in [-0.4, -0.2) is 53.8 Å². The van der Waals surface area contributed by atoms with Crippen LogP contribution in [0.15, 0.2) is 18.2 Å². The largest absolute Gasteiger partial charge is 0.398 e. The Morgan fingerprint density at radius 2 is 1.89 bits per heavy atom. The standard InChI is InChI=1S/C20H30N6O2/c1-20(2,3)25-19(28)23-13-4-5-15(21)14(10-13)17(22)18(27)24-16-11-26-8-6-12(16)7-9-26/h4-5,10,12,16,22H,6-9,11,21H2,1-3H3,(H,24,27)(H2,23,25,28). The summed E-state index contributed by atoms with van der Waals surface area (Å²) in [5.74, 6) is 0.0509. The Bertz CT molecular complexity index is 777. The molecule has 1 unspecified atom stereocenters. The van der Waals surface area contributed by atoms with Gasteiger partial charge >= 0.3 is 6.03 Å². The number of benzene rings is 1. The van der Waals surface area contributed by atoms with Gasteiger partial charge in [-0.25, -0.2) is 4.79 Å². The van der Waals surface area contributed by atoms with E-state index >= 15 is 0 Å². The number of urea groups is 1. The molecule has 3 amide bonds. The number of carbonyl (C=O) groups is 2. The summed E-state index contributed by atoms with van der Waals surface area (Å²) >= 11 is 0. The zero-order valence-corrected chi connectivity index (χ0v) is 16.8. The number of amides is 3. The second-order valence-electron chi connectivity index (χ2n) is 8.72. The monoisotopic (exact) mass is 386 g/mol. The van der Waals surface area contributed by atoms with E-state index < -0.39 is 5.91 Å². The minimum absolute atomic E-state index is 0.0791. The number of anilines is 2. The lowest BCUT2D eigenvalue weighted by atomic mass is 9.84. The fourth-order valence-electron chi connectivity index (χ4n) is 3.84. The zero-order valence-electron chi connectivity index (χ0n) is 16.8. The predicted octanol–water partition coefficient (Wildman–Crippen LogP) is 1.77. The van der Waals surface area contributed by atoms with Crippen molar-refractivity contribution in [2.75, 3.05) is 30.7 Å². The number of rotatable bonds is 4. The van der Waals surface area contributed by atoms with E-state index in [9.17, 15) is 9.59 Å². The number of fused-ring (bicyclic) bond motifs is 3. The highest BCUT2D eigenvalue weighted by Crippen LogP contribution is 2.27. The van der Waals surface area contributed by atoms with E-state index in [-0.39, 0.29) is 23.3 Å². The first-order chi connectivity index (χ1) is 13.1. The topological polar surface area (TPSA) is 123 Å². The predicted molar refractivity (Wildman–Crippen MR) is 111 cm³/mol. The van der Waals surface area contributed by atoms with Crippen LogP contribution in [0, 0.1) is 11.3 Å². The van der Waals surface area contributed by atoms with Crippen LogP contribution in [0.4, 0.5) is 16.2 Å². The van der Waals surface area contributed by atoms with Gasteiger partial charge in [0.1, 0.15) is 5.71 Å². The molecule has 0 aliphatic carbocycles. The SMILES string of the molecule is CC(C)(C)NC(=O)Nc1ccc(N)c(C(=N)C(=O)NC2CN3CCC2CC3)c1. The molecule has 3 fully saturated rings. The van der Waals surface area contributed by atoms with Crippen LogP contribution >= 0.6 is 0 Å². The van der Waals surface area contributed by atoms with Gasteiger partial charge in [0, 0.05) is 35.1 Å². The average Bonchev–Trinajstić information content (AvgIpc) is 2.62. The Morgan fingerprint density at radius 3 is 2.46 bits per heavy atom.